The summed E-state index contributed by atoms with van der Waals surface area (Å²) in [6.07, 6.45) is 6.18. The van der Waals surface area contributed by atoms with Crippen molar-refractivity contribution in [2.75, 3.05) is 18.9 Å². The smallest absolute Gasteiger partial charge is 0.220 e. The Hall–Kier alpha value is -1.00. The number of thioether (sulfide) groups is 1. The fraction of sp³-hybridized carbons (Fsp3) is 0.588. The van der Waals surface area contributed by atoms with Gasteiger partial charge in [0.1, 0.15) is 0 Å². The van der Waals surface area contributed by atoms with Crippen LogP contribution in [0, 0.1) is 5.41 Å². The molecule has 0 aromatic heterocycles. The van der Waals surface area contributed by atoms with Gasteiger partial charge in [-0.05, 0) is 25.0 Å². The van der Waals surface area contributed by atoms with Crippen LogP contribution in [0.3, 0.4) is 0 Å². The van der Waals surface area contributed by atoms with Crippen molar-refractivity contribution in [3.05, 3.63) is 30.3 Å². The van der Waals surface area contributed by atoms with Crippen LogP contribution in [0.5, 0.6) is 0 Å². The molecule has 116 valence electrons. The molecule has 0 atom stereocenters. The van der Waals surface area contributed by atoms with Crippen molar-refractivity contribution in [2.24, 2.45) is 5.41 Å². The van der Waals surface area contributed by atoms with Crippen molar-refractivity contribution in [2.45, 2.75) is 43.4 Å². The maximum absolute atomic E-state index is 11.9. The van der Waals surface area contributed by atoms with E-state index in [1.807, 2.05) is 18.2 Å². The molecule has 0 bridgehead atoms. The lowest BCUT2D eigenvalue weighted by atomic mass is 9.74. The number of rotatable bonds is 7. The van der Waals surface area contributed by atoms with Gasteiger partial charge in [-0.3, -0.25) is 4.79 Å². The van der Waals surface area contributed by atoms with Crippen LogP contribution in [-0.4, -0.2) is 29.9 Å². The fourth-order valence-corrected chi connectivity index (χ4v) is 3.72. The van der Waals surface area contributed by atoms with Crippen LogP contribution >= 0.6 is 11.8 Å². The van der Waals surface area contributed by atoms with E-state index in [-0.39, 0.29) is 17.9 Å². The Morgan fingerprint density at radius 1 is 1.19 bits per heavy atom. The highest BCUT2D eigenvalue weighted by atomic mass is 32.2. The van der Waals surface area contributed by atoms with E-state index in [0.717, 1.165) is 18.6 Å². The number of amides is 1. The number of benzene rings is 1. The van der Waals surface area contributed by atoms with E-state index in [1.54, 1.807) is 11.8 Å². The number of aliphatic hydroxyl groups excluding tert-OH is 1. The van der Waals surface area contributed by atoms with Gasteiger partial charge in [-0.15, -0.1) is 11.8 Å². The molecule has 3 nitrogen and oxygen atoms in total. The average Bonchev–Trinajstić information content (AvgIpc) is 2.55. The van der Waals surface area contributed by atoms with Crippen LogP contribution in [0.2, 0.25) is 0 Å². The highest BCUT2D eigenvalue weighted by molar-refractivity contribution is 7.99. The lowest BCUT2D eigenvalue weighted by molar-refractivity contribution is -0.121. The van der Waals surface area contributed by atoms with Gasteiger partial charge in [0.05, 0.1) is 6.61 Å². The quantitative estimate of drug-likeness (QED) is 0.760. The number of carbonyl (C=O) groups excluding carboxylic acids is 1. The number of carbonyl (C=O) groups is 1. The van der Waals surface area contributed by atoms with Crippen LogP contribution in [-0.2, 0) is 4.79 Å². The van der Waals surface area contributed by atoms with Gasteiger partial charge in [0.15, 0.2) is 0 Å². The van der Waals surface area contributed by atoms with Gasteiger partial charge in [0, 0.05) is 29.0 Å². The number of nitrogens with one attached hydrogen (secondary N) is 1. The number of aliphatic hydroxyl groups is 1. The van der Waals surface area contributed by atoms with Crippen molar-refractivity contribution in [1.29, 1.82) is 0 Å². The standard InChI is InChI=1S/C17H25NO2S/c19-14-17(10-5-2-6-11-17)13-18-16(20)9-12-21-15-7-3-1-4-8-15/h1,3-4,7-8,19H,2,5-6,9-14H2,(H,18,20). The molecule has 0 saturated heterocycles. The van der Waals surface area contributed by atoms with E-state index in [0.29, 0.717) is 13.0 Å². The Balaban J connectivity index is 1.67. The maximum Gasteiger partial charge on any atom is 0.220 e. The van der Waals surface area contributed by atoms with Crippen LogP contribution in [0.4, 0.5) is 0 Å². The number of hydrogen-bond donors (Lipinski definition) is 2. The van der Waals surface area contributed by atoms with E-state index in [9.17, 15) is 9.90 Å². The third-order valence-electron chi connectivity index (χ3n) is 4.25. The van der Waals surface area contributed by atoms with Gasteiger partial charge in [-0.2, -0.15) is 0 Å². The van der Waals surface area contributed by atoms with Gasteiger partial charge in [-0.25, -0.2) is 0 Å². The van der Waals surface area contributed by atoms with E-state index in [4.69, 9.17) is 0 Å². The first-order valence-electron chi connectivity index (χ1n) is 7.80. The van der Waals surface area contributed by atoms with Gasteiger partial charge in [-0.1, -0.05) is 37.5 Å². The van der Waals surface area contributed by atoms with Crippen LogP contribution in [0.1, 0.15) is 38.5 Å². The highest BCUT2D eigenvalue weighted by Crippen LogP contribution is 2.35. The van der Waals surface area contributed by atoms with Gasteiger partial charge >= 0.3 is 0 Å². The summed E-state index contributed by atoms with van der Waals surface area (Å²) in [6, 6.07) is 10.1. The molecule has 1 aromatic rings. The van der Waals surface area contributed by atoms with Gasteiger partial charge in [0.2, 0.25) is 5.91 Å². The molecule has 0 radical (unpaired) electrons. The summed E-state index contributed by atoms with van der Waals surface area (Å²) in [4.78, 5) is 13.1. The molecule has 21 heavy (non-hydrogen) atoms. The molecule has 0 aliphatic heterocycles. The molecule has 1 saturated carbocycles. The van der Waals surface area contributed by atoms with Crippen molar-refractivity contribution in [3.8, 4) is 0 Å². The lowest BCUT2D eigenvalue weighted by Gasteiger charge is -2.35. The first-order chi connectivity index (χ1) is 10.2. The van der Waals surface area contributed by atoms with E-state index in [2.05, 4.69) is 17.4 Å². The zero-order valence-corrected chi connectivity index (χ0v) is 13.3. The minimum absolute atomic E-state index is 0.0690. The minimum Gasteiger partial charge on any atom is -0.396 e. The molecule has 0 heterocycles. The normalized spacial score (nSPS) is 17.4. The fourth-order valence-electron chi connectivity index (χ4n) is 2.85. The molecular weight excluding hydrogens is 282 g/mol. The molecule has 1 aliphatic carbocycles. The average molecular weight is 307 g/mol. The minimum atomic E-state index is -0.0690. The summed E-state index contributed by atoms with van der Waals surface area (Å²) in [5, 5.41) is 12.6. The van der Waals surface area contributed by atoms with E-state index in [1.165, 1.54) is 24.2 Å². The van der Waals surface area contributed by atoms with Crippen molar-refractivity contribution in [3.63, 3.8) is 0 Å². The molecule has 0 spiro atoms. The molecule has 1 fully saturated rings. The summed E-state index contributed by atoms with van der Waals surface area (Å²) in [6.45, 7) is 0.810. The largest absolute Gasteiger partial charge is 0.396 e. The van der Waals surface area contributed by atoms with E-state index < -0.39 is 0 Å². The monoisotopic (exact) mass is 307 g/mol. The predicted octanol–water partition coefficient (Wildman–Crippen LogP) is 3.23. The summed E-state index contributed by atoms with van der Waals surface area (Å²) in [5.41, 5.74) is -0.0690. The Labute approximate surface area is 131 Å². The second-order valence-electron chi connectivity index (χ2n) is 5.91. The highest BCUT2D eigenvalue weighted by Gasteiger charge is 2.31. The zero-order valence-electron chi connectivity index (χ0n) is 12.5. The van der Waals surface area contributed by atoms with Crippen molar-refractivity contribution >= 4 is 17.7 Å². The summed E-state index contributed by atoms with van der Waals surface area (Å²) in [5.74, 6) is 0.888. The topological polar surface area (TPSA) is 49.3 Å². The Morgan fingerprint density at radius 3 is 2.57 bits per heavy atom. The van der Waals surface area contributed by atoms with Crippen molar-refractivity contribution < 1.29 is 9.90 Å². The van der Waals surface area contributed by atoms with E-state index >= 15 is 0 Å². The molecule has 4 heteroatoms. The first-order valence-corrected chi connectivity index (χ1v) is 8.78. The van der Waals surface area contributed by atoms with Gasteiger partial charge < -0.3 is 10.4 Å². The van der Waals surface area contributed by atoms with Crippen molar-refractivity contribution in [1.82, 2.24) is 5.32 Å². The lowest BCUT2D eigenvalue weighted by Crippen LogP contribution is -2.41. The molecule has 1 aromatic carbocycles. The third-order valence-corrected chi connectivity index (χ3v) is 5.26. The maximum atomic E-state index is 11.9. The molecule has 0 unspecified atom stereocenters. The molecule has 1 aliphatic rings. The van der Waals surface area contributed by atoms with Gasteiger partial charge in [0.25, 0.3) is 0 Å². The molecular formula is C17H25NO2S. The number of hydrogen-bond acceptors (Lipinski definition) is 3. The zero-order chi connectivity index (χ0) is 15.0. The second kappa shape index (κ2) is 8.44. The van der Waals surface area contributed by atoms with Crippen LogP contribution in [0.15, 0.2) is 35.2 Å². The SMILES string of the molecule is O=C(CCSc1ccccc1)NCC1(CO)CCCCC1. The summed E-state index contributed by atoms with van der Waals surface area (Å²) < 4.78 is 0. The third kappa shape index (κ3) is 5.36. The van der Waals surface area contributed by atoms with Crippen LogP contribution < -0.4 is 5.32 Å². The summed E-state index contributed by atoms with van der Waals surface area (Å²) >= 11 is 1.70. The Bertz CT molecular complexity index is 430. The molecule has 1 amide bonds. The Kier molecular flexibility index (Phi) is 6.58. The predicted molar refractivity (Wildman–Crippen MR) is 87.4 cm³/mol. The van der Waals surface area contributed by atoms with Crippen LogP contribution in [0.25, 0.3) is 0 Å². The Morgan fingerprint density at radius 2 is 1.90 bits per heavy atom. The second-order valence-corrected chi connectivity index (χ2v) is 7.08. The summed E-state index contributed by atoms with van der Waals surface area (Å²) in [7, 11) is 0. The first kappa shape index (κ1) is 16.4. The molecule has 2 N–H and O–H groups in total. The molecule has 2 rings (SSSR count).